The Hall–Kier alpha value is -2.70. The van der Waals surface area contributed by atoms with Gasteiger partial charge in [-0.1, -0.05) is 17.3 Å². The second-order valence-corrected chi connectivity index (χ2v) is 4.09. The van der Waals surface area contributed by atoms with Gasteiger partial charge in [0.05, 0.1) is 5.56 Å². The number of aromatic nitrogens is 1. The Morgan fingerprint density at radius 2 is 1.76 bits per heavy atom. The number of oxime groups is 1. The number of hydrogen-bond donors (Lipinski definition) is 1. The van der Waals surface area contributed by atoms with Crippen LogP contribution in [0.25, 0.3) is 0 Å². The van der Waals surface area contributed by atoms with Gasteiger partial charge < -0.3 is 5.21 Å². The van der Waals surface area contributed by atoms with Crippen LogP contribution in [0.4, 0.5) is 13.2 Å². The molecule has 0 unspecified atom stereocenters. The third-order valence-corrected chi connectivity index (χ3v) is 2.72. The van der Waals surface area contributed by atoms with Gasteiger partial charge in [-0.2, -0.15) is 13.2 Å². The minimum Gasteiger partial charge on any atom is -0.410 e. The molecular formula is C14H9F3N2O2. The van der Waals surface area contributed by atoms with Crippen molar-refractivity contribution in [3.8, 4) is 0 Å². The molecule has 0 spiro atoms. The molecule has 1 N–H and O–H groups in total. The molecule has 0 radical (unpaired) electrons. The van der Waals surface area contributed by atoms with Crippen molar-refractivity contribution < 1.29 is 23.2 Å². The average molecular weight is 294 g/mol. The van der Waals surface area contributed by atoms with Crippen LogP contribution >= 0.6 is 0 Å². The largest absolute Gasteiger partial charge is 0.416 e. The Morgan fingerprint density at radius 3 is 2.33 bits per heavy atom. The van der Waals surface area contributed by atoms with E-state index in [9.17, 15) is 18.0 Å². The lowest BCUT2D eigenvalue weighted by atomic mass is 10.00. The summed E-state index contributed by atoms with van der Waals surface area (Å²) in [4.78, 5) is 15.9. The summed E-state index contributed by atoms with van der Waals surface area (Å²) in [6.45, 7) is 0. The molecule has 0 atom stereocenters. The van der Waals surface area contributed by atoms with Crippen LogP contribution in [-0.4, -0.2) is 21.7 Å². The van der Waals surface area contributed by atoms with E-state index in [1.807, 2.05) is 0 Å². The van der Waals surface area contributed by atoms with E-state index >= 15 is 0 Å². The van der Waals surface area contributed by atoms with E-state index in [2.05, 4.69) is 10.1 Å². The zero-order chi connectivity index (χ0) is 15.5. The molecule has 1 heterocycles. The van der Waals surface area contributed by atoms with Gasteiger partial charge in [0, 0.05) is 23.5 Å². The molecule has 0 aliphatic carbocycles. The lowest BCUT2D eigenvalue weighted by molar-refractivity contribution is -0.137. The SMILES string of the molecule is O=C(C(=NO)c1cccc(C(F)(F)F)c1)c1ccncc1. The maximum atomic E-state index is 12.7. The van der Waals surface area contributed by atoms with Crippen LogP contribution in [0, 0.1) is 0 Å². The number of alkyl halides is 3. The minimum atomic E-state index is -4.55. The molecule has 0 aliphatic heterocycles. The molecule has 108 valence electrons. The fourth-order valence-corrected chi connectivity index (χ4v) is 1.72. The predicted octanol–water partition coefficient (Wildman–Crippen LogP) is 3.16. The van der Waals surface area contributed by atoms with E-state index in [0.717, 1.165) is 18.2 Å². The van der Waals surface area contributed by atoms with Gasteiger partial charge in [-0.05, 0) is 24.3 Å². The average Bonchev–Trinajstić information content (AvgIpc) is 2.48. The van der Waals surface area contributed by atoms with E-state index in [4.69, 9.17) is 5.21 Å². The zero-order valence-electron chi connectivity index (χ0n) is 10.5. The van der Waals surface area contributed by atoms with Crippen LogP contribution in [0.5, 0.6) is 0 Å². The summed E-state index contributed by atoms with van der Waals surface area (Å²) in [5, 5.41) is 11.8. The molecule has 0 bridgehead atoms. The highest BCUT2D eigenvalue weighted by Gasteiger charge is 2.31. The first-order valence-electron chi connectivity index (χ1n) is 5.78. The van der Waals surface area contributed by atoms with E-state index in [-0.39, 0.29) is 11.1 Å². The molecule has 0 aliphatic rings. The van der Waals surface area contributed by atoms with Crippen LogP contribution in [0.2, 0.25) is 0 Å². The molecule has 2 aromatic rings. The van der Waals surface area contributed by atoms with E-state index in [1.54, 1.807) is 0 Å². The first-order chi connectivity index (χ1) is 9.93. The summed E-state index contributed by atoms with van der Waals surface area (Å²) in [5.41, 5.74) is -1.35. The molecule has 0 fully saturated rings. The molecule has 0 saturated heterocycles. The maximum Gasteiger partial charge on any atom is 0.416 e. The Balaban J connectivity index is 2.42. The summed E-state index contributed by atoms with van der Waals surface area (Å²) < 4.78 is 38.0. The van der Waals surface area contributed by atoms with Crippen molar-refractivity contribution in [3.05, 3.63) is 65.5 Å². The summed E-state index contributed by atoms with van der Waals surface area (Å²) in [5.74, 6) is -0.695. The Morgan fingerprint density at radius 1 is 1.10 bits per heavy atom. The third-order valence-electron chi connectivity index (χ3n) is 2.72. The van der Waals surface area contributed by atoms with Crippen molar-refractivity contribution in [2.24, 2.45) is 5.16 Å². The summed E-state index contributed by atoms with van der Waals surface area (Å²) in [7, 11) is 0. The number of Topliss-reactive ketones (excluding diaryl/α,β-unsaturated/α-hetero) is 1. The van der Waals surface area contributed by atoms with Gasteiger partial charge in [0.2, 0.25) is 5.78 Å². The number of hydrogen-bond acceptors (Lipinski definition) is 4. The van der Waals surface area contributed by atoms with Crippen molar-refractivity contribution in [1.82, 2.24) is 4.98 Å². The number of rotatable bonds is 3. The van der Waals surface area contributed by atoms with Gasteiger partial charge in [-0.15, -0.1) is 0 Å². The van der Waals surface area contributed by atoms with Crippen molar-refractivity contribution in [1.29, 1.82) is 0 Å². The molecule has 4 nitrogen and oxygen atoms in total. The van der Waals surface area contributed by atoms with Gasteiger partial charge >= 0.3 is 6.18 Å². The van der Waals surface area contributed by atoms with Crippen LogP contribution in [0.15, 0.2) is 53.9 Å². The molecule has 21 heavy (non-hydrogen) atoms. The maximum absolute atomic E-state index is 12.7. The van der Waals surface area contributed by atoms with Crippen LogP contribution in [0.1, 0.15) is 21.5 Å². The quantitative estimate of drug-likeness (QED) is 0.409. The van der Waals surface area contributed by atoms with Crippen LogP contribution < -0.4 is 0 Å². The minimum absolute atomic E-state index is 0.117. The van der Waals surface area contributed by atoms with E-state index in [0.29, 0.717) is 0 Å². The monoisotopic (exact) mass is 294 g/mol. The highest BCUT2D eigenvalue weighted by atomic mass is 19.4. The highest BCUT2D eigenvalue weighted by Crippen LogP contribution is 2.29. The van der Waals surface area contributed by atoms with Crippen molar-refractivity contribution in [3.63, 3.8) is 0 Å². The standard InChI is InChI=1S/C14H9F3N2O2/c15-14(16,17)11-3-1-2-10(8-11)12(19-21)13(20)9-4-6-18-7-5-9/h1-8,21H. The number of nitrogens with zero attached hydrogens (tertiary/aromatic N) is 2. The number of benzene rings is 1. The highest BCUT2D eigenvalue weighted by molar-refractivity contribution is 6.51. The summed E-state index contributed by atoms with van der Waals surface area (Å²) >= 11 is 0. The van der Waals surface area contributed by atoms with Gasteiger partial charge in [-0.25, -0.2) is 0 Å². The lowest BCUT2D eigenvalue weighted by Gasteiger charge is -2.09. The van der Waals surface area contributed by atoms with Crippen molar-refractivity contribution in [2.45, 2.75) is 6.18 Å². The number of pyridine rings is 1. The second kappa shape index (κ2) is 5.74. The van der Waals surface area contributed by atoms with Gasteiger partial charge in [-0.3, -0.25) is 9.78 Å². The topological polar surface area (TPSA) is 62.5 Å². The molecule has 1 aromatic heterocycles. The Bertz CT molecular complexity index is 682. The first kappa shape index (κ1) is 14.7. The van der Waals surface area contributed by atoms with Gasteiger partial charge in [0.15, 0.2) is 5.71 Å². The van der Waals surface area contributed by atoms with Crippen molar-refractivity contribution >= 4 is 11.5 Å². The first-order valence-corrected chi connectivity index (χ1v) is 5.78. The molecule has 0 saturated carbocycles. The predicted molar refractivity (Wildman–Crippen MR) is 68.3 cm³/mol. The fourth-order valence-electron chi connectivity index (χ4n) is 1.72. The fraction of sp³-hybridized carbons (Fsp3) is 0.0714. The summed E-state index contributed by atoms with van der Waals surface area (Å²) in [6.07, 6.45) is -1.83. The van der Waals surface area contributed by atoms with Gasteiger partial charge in [0.1, 0.15) is 0 Å². The van der Waals surface area contributed by atoms with Gasteiger partial charge in [0.25, 0.3) is 0 Å². The molecule has 0 amide bonds. The number of carbonyl (C=O) groups excluding carboxylic acids is 1. The Labute approximate surface area is 117 Å². The second-order valence-electron chi connectivity index (χ2n) is 4.09. The smallest absolute Gasteiger partial charge is 0.410 e. The van der Waals surface area contributed by atoms with E-state index < -0.39 is 23.2 Å². The normalized spacial score (nSPS) is 12.2. The number of carbonyl (C=O) groups is 1. The number of halogens is 3. The van der Waals surface area contributed by atoms with Crippen molar-refractivity contribution in [2.75, 3.05) is 0 Å². The summed E-state index contributed by atoms with van der Waals surface area (Å²) in [6, 6.07) is 6.79. The number of ketones is 1. The van der Waals surface area contributed by atoms with Crippen LogP contribution in [-0.2, 0) is 6.18 Å². The lowest BCUT2D eigenvalue weighted by Crippen LogP contribution is -2.17. The molecule has 1 aromatic carbocycles. The van der Waals surface area contributed by atoms with Crippen LogP contribution in [0.3, 0.4) is 0 Å². The molecule has 7 heteroatoms. The third kappa shape index (κ3) is 3.25. The molecule has 2 rings (SSSR count). The van der Waals surface area contributed by atoms with E-state index in [1.165, 1.54) is 30.6 Å². The zero-order valence-corrected chi connectivity index (χ0v) is 10.5. The molecular weight excluding hydrogens is 285 g/mol. The Kier molecular flexibility index (Phi) is 4.02.